The molecular formula is C22H33ClN6O4S2. The summed E-state index contributed by atoms with van der Waals surface area (Å²) < 4.78 is 31.1. The van der Waals surface area contributed by atoms with Gasteiger partial charge in [0.15, 0.2) is 5.82 Å². The summed E-state index contributed by atoms with van der Waals surface area (Å²) in [4.78, 5) is 28.7. The number of ether oxygens (including phenoxy) is 1. The van der Waals surface area contributed by atoms with Crippen LogP contribution in [0, 0.1) is 0 Å². The van der Waals surface area contributed by atoms with Gasteiger partial charge in [-0.1, -0.05) is 0 Å². The molecule has 194 valence electrons. The van der Waals surface area contributed by atoms with Crippen molar-refractivity contribution in [3.63, 3.8) is 0 Å². The van der Waals surface area contributed by atoms with Gasteiger partial charge in [-0.2, -0.15) is 9.29 Å². The van der Waals surface area contributed by atoms with E-state index in [0.29, 0.717) is 39.2 Å². The molecule has 0 N–H and O–H groups in total. The highest BCUT2D eigenvalue weighted by Crippen LogP contribution is 2.34. The summed E-state index contributed by atoms with van der Waals surface area (Å²) in [6.45, 7) is 9.80. The number of anilines is 1. The number of fused-ring (bicyclic) bond motifs is 1. The van der Waals surface area contributed by atoms with E-state index in [1.165, 1.54) is 15.4 Å². The van der Waals surface area contributed by atoms with Gasteiger partial charge in [0, 0.05) is 70.2 Å². The Morgan fingerprint density at radius 1 is 1.09 bits per heavy atom. The van der Waals surface area contributed by atoms with Gasteiger partial charge in [-0.15, -0.1) is 11.3 Å². The predicted molar refractivity (Wildman–Crippen MR) is 139 cm³/mol. The molecule has 10 nitrogen and oxygen atoms in total. The topological polar surface area (TPSA) is 99.2 Å². The number of carbonyl (C=O) groups is 1. The van der Waals surface area contributed by atoms with Crippen molar-refractivity contribution in [3.8, 4) is 0 Å². The molecule has 0 spiro atoms. The molecule has 2 aliphatic heterocycles. The fourth-order valence-electron chi connectivity index (χ4n) is 4.53. The molecule has 0 saturated carbocycles. The third kappa shape index (κ3) is 7.01. The van der Waals surface area contributed by atoms with Crippen molar-refractivity contribution < 1.29 is 17.9 Å². The Labute approximate surface area is 215 Å². The van der Waals surface area contributed by atoms with Crippen molar-refractivity contribution in [2.24, 2.45) is 0 Å². The lowest BCUT2D eigenvalue weighted by Crippen LogP contribution is -2.47. The van der Waals surface area contributed by atoms with Crippen molar-refractivity contribution >= 4 is 55.0 Å². The second-order valence-electron chi connectivity index (χ2n) is 8.92. The minimum Gasteiger partial charge on any atom is -0.466 e. The molecule has 0 aliphatic carbocycles. The van der Waals surface area contributed by atoms with E-state index >= 15 is 0 Å². The highest BCUT2D eigenvalue weighted by atomic mass is 35.5. The quantitative estimate of drug-likeness (QED) is 0.346. The minimum atomic E-state index is -3.13. The van der Waals surface area contributed by atoms with Gasteiger partial charge in [0.1, 0.15) is 0 Å². The summed E-state index contributed by atoms with van der Waals surface area (Å²) >= 11 is 7.97. The normalized spacial score (nSPS) is 18.9. The number of sulfonamides is 1. The van der Waals surface area contributed by atoms with Gasteiger partial charge in [-0.05, 0) is 37.6 Å². The van der Waals surface area contributed by atoms with Gasteiger partial charge in [0.2, 0.25) is 15.3 Å². The molecule has 0 unspecified atom stereocenters. The number of nitrogens with zero attached hydrogens (tertiary/aromatic N) is 6. The first kappa shape index (κ1) is 26.5. The van der Waals surface area contributed by atoms with Crippen LogP contribution in [0.15, 0.2) is 6.07 Å². The van der Waals surface area contributed by atoms with Crippen LogP contribution in [0.5, 0.6) is 0 Å². The Morgan fingerprint density at radius 2 is 1.77 bits per heavy atom. The van der Waals surface area contributed by atoms with Crippen LogP contribution in [0.2, 0.25) is 5.28 Å². The Hall–Kier alpha value is -1.57. The first-order valence-corrected chi connectivity index (χ1v) is 15.0. The number of hydrogen-bond donors (Lipinski definition) is 0. The average molecular weight is 545 g/mol. The second-order valence-corrected chi connectivity index (χ2v) is 12.4. The van der Waals surface area contributed by atoms with E-state index in [2.05, 4.69) is 30.7 Å². The molecule has 2 fully saturated rings. The Balaban J connectivity index is 1.36. The van der Waals surface area contributed by atoms with Crippen molar-refractivity contribution in [1.82, 2.24) is 24.1 Å². The van der Waals surface area contributed by atoms with Gasteiger partial charge in [0.25, 0.3) is 0 Å². The predicted octanol–water partition coefficient (Wildman–Crippen LogP) is 1.89. The number of thiophene rings is 1. The first-order chi connectivity index (χ1) is 16.7. The Bertz CT molecular complexity index is 1130. The molecule has 2 aromatic heterocycles. The molecule has 35 heavy (non-hydrogen) atoms. The lowest BCUT2D eigenvalue weighted by atomic mass is 10.2. The fourth-order valence-corrected chi connectivity index (χ4v) is 6.68. The van der Waals surface area contributed by atoms with E-state index in [9.17, 15) is 13.2 Å². The van der Waals surface area contributed by atoms with E-state index < -0.39 is 10.0 Å². The standard InChI is InChI=1S/C22H33ClN6O4S2/c1-3-33-19(30)5-4-6-26-7-11-28(12-8-26)21-20-18(24-22(23)25-21)15-17(34-20)16-27-9-13-29(14-10-27)35(2,31)32/h15H,3-14,16H2,1-2H3. The van der Waals surface area contributed by atoms with E-state index in [4.69, 9.17) is 16.3 Å². The molecule has 0 atom stereocenters. The second kappa shape index (κ2) is 11.7. The third-order valence-corrected chi connectivity index (χ3v) is 8.97. The van der Waals surface area contributed by atoms with Crippen LogP contribution in [-0.2, 0) is 26.1 Å². The van der Waals surface area contributed by atoms with Crippen LogP contribution in [0.3, 0.4) is 0 Å². The molecule has 2 aliphatic rings. The lowest BCUT2D eigenvalue weighted by Gasteiger charge is -2.35. The molecule has 2 saturated heterocycles. The number of esters is 1. The number of piperazine rings is 2. The monoisotopic (exact) mass is 544 g/mol. The first-order valence-electron chi connectivity index (χ1n) is 12.0. The Kier molecular flexibility index (Phi) is 8.82. The maximum absolute atomic E-state index is 11.8. The summed E-state index contributed by atoms with van der Waals surface area (Å²) in [7, 11) is -3.13. The van der Waals surface area contributed by atoms with Crippen LogP contribution >= 0.6 is 22.9 Å². The lowest BCUT2D eigenvalue weighted by molar-refractivity contribution is -0.143. The highest BCUT2D eigenvalue weighted by Gasteiger charge is 2.25. The van der Waals surface area contributed by atoms with Crippen LogP contribution in [0.1, 0.15) is 24.6 Å². The summed E-state index contributed by atoms with van der Waals surface area (Å²) in [5.41, 5.74) is 0.853. The zero-order valence-corrected chi connectivity index (χ0v) is 22.7. The molecule has 13 heteroatoms. The fraction of sp³-hybridized carbons (Fsp3) is 0.682. The summed E-state index contributed by atoms with van der Waals surface area (Å²) in [6, 6.07) is 2.08. The molecule has 0 aromatic carbocycles. The van der Waals surface area contributed by atoms with Crippen molar-refractivity contribution in [2.75, 3.05) is 76.7 Å². The van der Waals surface area contributed by atoms with E-state index in [0.717, 1.165) is 61.7 Å². The molecule has 0 radical (unpaired) electrons. The van der Waals surface area contributed by atoms with Gasteiger partial charge in [-0.25, -0.2) is 13.4 Å². The summed E-state index contributed by atoms with van der Waals surface area (Å²) in [6.07, 6.45) is 2.52. The largest absolute Gasteiger partial charge is 0.466 e. The van der Waals surface area contributed by atoms with Crippen LogP contribution in [0.4, 0.5) is 5.82 Å². The summed E-state index contributed by atoms with van der Waals surface area (Å²) in [5, 5.41) is 0.246. The average Bonchev–Trinajstić information content (AvgIpc) is 3.21. The highest BCUT2D eigenvalue weighted by molar-refractivity contribution is 7.88. The zero-order valence-electron chi connectivity index (χ0n) is 20.3. The molecule has 4 rings (SSSR count). The van der Waals surface area contributed by atoms with E-state index in [1.54, 1.807) is 11.3 Å². The maximum atomic E-state index is 11.8. The van der Waals surface area contributed by atoms with Crippen LogP contribution in [-0.4, -0.2) is 110 Å². The van der Waals surface area contributed by atoms with Crippen LogP contribution in [0.25, 0.3) is 10.2 Å². The maximum Gasteiger partial charge on any atom is 0.305 e. The minimum absolute atomic E-state index is 0.130. The smallest absolute Gasteiger partial charge is 0.305 e. The molecule has 4 heterocycles. The van der Waals surface area contributed by atoms with Gasteiger partial charge in [0.05, 0.1) is 23.1 Å². The number of rotatable bonds is 9. The van der Waals surface area contributed by atoms with Gasteiger partial charge >= 0.3 is 5.97 Å². The number of carbonyl (C=O) groups excluding carboxylic acids is 1. The van der Waals surface area contributed by atoms with Crippen molar-refractivity contribution in [1.29, 1.82) is 0 Å². The van der Waals surface area contributed by atoms with Crippen LogP contribution < -0.4 is 4.90 Å². The van der Waals surface area contributed by atoms with Crippen molar-refractivity contribution in [3.05, 3.63) is 16.2 Å². The molecule has 0 amide bonds. The van der Waals surface area contributed by atoms with E-state index in [-0.39, 0.29) is 11.3 Å². The van der Waals surface area contributed by atoms with Crippen molar-refractivity contribution in [2.45, 2.75) is 26.3 Å². The van der Waals surface area contributed by atoms with E-state index in [1.807, 2.05) is 6.92 Å². The van der Waals surface area contributed by atoms with Gasteiger partial charge in [-0.3, -0.25) is 14.6 Å². The third-order valence-electron chi connectivity index (χ3n) is 6.39. The zero-order chi connectivity index (χ0) is 25.0. The number of halogens is 1. The van der Waals surface area contributed by atoms with Gasteiger partial charge < -0.3 is 9.64 Å². The summed E-state index contributed by atoms with van der Waals surface area (Å²) in [5.74, 6) is 0.749. The number of aromatic nitrogens is 2. The molecule has 2 aromatic rings. The number of hydrogen-bond acceptors (Lipinski definition) is 10. The molecule has 0 bridgehead atoms. The SMILES string of the molecule is CCOC(=O)CCCN1CCN(c2nc(Cl)nc3cc(CN4CCN(S(C)(=O)=O)CC4)sc23)CC1. The Morgan fingerprint density at radius 3 is 2.43 bits per heavy atom. The molecular weight excluding hydrogens is 512 g/mol.